The molecule has 0 amide bonds. The molecule has 2 aromatic heterocycles. The van der Waals surface area contributed by atoms with E-state index in [4.69, 9.17) is 24.0 Å². The number of likely N-dealkylation sites (N-methyl/N-ethyl adjacent to an activating group) is 1. The second-order valence-corrected chi connectivity index (χ2v) is 10.3. The van der Waals surface area contributed by atoms with Gasteiger partial charge < -0.3 is 29.7 Å². The zero-order chi connectivity index (χ0) is 26.6. The van der Waals surface area contributed by atoms with Crippen LogP contribution in [-0.4, -0.2) is 89.8 Å². The minimum absolute atomic E-state index is 0.196. The Morgan fingerprint density at radius 1 is 1.16 bits per heavy atom. The Balaban J connectivity index is 1.43. The van der Waals surface area contributed by atoms with E-state index in [1.807, 2.05) is 38.1 Å². The number of aromatic nitrogens is 3. The summed E-state index contributed by atoms with van der Waals surface area (Å²) in [6.45, 7) is 10.4. The van der Waals surface area contributed by atoms with E-state index in [1.54, 1.807) is 7.05 Å². The number of hydrogen-bond donors (Lipinski definition) is 3. The lowest BCUT2D eigenvalue weighted by molar-refractivity contribution is -0.0705. The fraction of sp³-hybridized carbons (Fsp3) is 0.536. The fourth-order valence-corrected chi connectivity index (χ4v) is 5.10. The van der Waals surface area contributed by atoms with Crippen molar-refractivity contribution in [2.45, 2.75) is 51.8 Å². The van der Waals surface area contributed by atoms with Gasteiger partial charge in [0.2, 0.25) is 0 Å². The number of nitrogens with zero attached hydrogens (tertiary/aromatic N) is 4. The van der Waals surface area contributed by atoms with Crippen LogP contribution in [0.1, 0.15) is 29.9 Å². The number of anilines is 1. The first-order valence-corrected chi connectivity index (χ1v) is 13.4. The maximum absolute atomic E-state index is 10.0. The van der Waals surface area contributed by atoms with E-state index in [1.165, 1.54) is 0 Å². The van der Waals surface area contributed by atoms with Gasteiger partial charge >= 0.3 is 0 Å². The first-order chi connectivity index (χ1) is 18.4. The zero-order valence-electron chi connectivity index (χ0n) is 22.7. The van der Waals surface area contributed by atoms with Gasteiger partial charge in [-0.2, -0.15) is 0 Å². The van der Waals surface area contributed by atoms with E-state index in [0.717, 1.165) is 78.8 Å². The summed E-state index contributed by atoms with van der Waals surface area (Å²) < 4.78 is 16.7. The number of hydrogen-bond acceptors (Lipinski definition) is 10. The van der Waals surface area contributed by atoms with Gasteiger partial charge in [0, 0.05) is 36.8 Å². The van der Waals surface area contributed by atoms with Crippen LogP contribution in [0.3, 0.4) is 0 Å². The lowest BCUT2D eigenvalue weighted by Gasteiger charge is -2.41. The van der Waals surface area contributed by atoms with Crippen molar-refractivity contribution in [3.8, 4) is 28.4 Å². The average Bonchev–Trinajstić information content (AvgIpc) is 3.22. The summed E-state index contributed by atoms with van der Waals surface area (Å²) in [5.74, 6) is 2.81. The molecule has 204 valence electrons. The van der Waals surface area contributed by atoms with Crippen molar-refractivity contribution in [1.82, 2.24) is 25.3 Å². The van der Waals surface area contributed by atoms with Crippen molar-refractivity contribution in [1.29, 1.82) is 0 Å². The van der Waals surface area contributed by atoms with Crippen LogP contribution in [0.2, 0.25) is 0 Å². The molecule has 1 aromatic carbocycles. The van der Waals surface area contributed by atoms with Crippen LogP contribution >= 0.6 is 0 Å². The highest BCUT2D eigenvalue weighted by atomic mass is 16.5. The summed E-state index contributed by atoms with van der Waals surface area (Å²) in [4.78, 5) is 12.5. The predicted octanol–water partition coefficient (Wildman–Crippen LogP) is 2.96. The van der Waals surface area contributed by atoms with Crippen molar-refractivity contribution in [3.05, 3.63) is 41.3 Å². The maximum Gasteiger partial charge on any atom is 0.162 e. The Morgan fingerprint density at radius 3 is 2.61 bits per heavy atom. The molecular weight excluding hydrogens is 484 g/mol. The summed E-state index contributed by atoms with van der Waals surface area (Å²) in [7, 11) is 1.80. The Kier molecular flexibility index (Phi) is 8.23. The third-order valence-electron chi connectivity index (χ3n) is 7.40. The summed E-state index contributed by atoms with van der Waals surface area (Å²) in [6, 6.07) is 8.58. The smallest absolute Gasteiger partial charge is 0.162 e. The van der Waals surface area contributed by atoms with E-state index in [-0.39, 0.29) is 6.61 Å². The van der Waals surface area contributed by atoms with Gasteiger partial charge in [0.05, 0.1) is 36.2 Å². The van der Waals surface area contributed by atoms with Gasteiger partial charge in [0.15, 0.2) is 5.82 Å². The van der Waals surface area contributed by atoms with E-state index in [9.17, 15) is 5.11 Å². The number of piperidine rings is 1. The van der Waals surface area contributed by atoms with Gasteiger partial charge in [-0.3, -0.25) is 4.90 Å². The molecule has 0 radical (unpaired) electrons. The number of aliphatic hydroxyl groups excluding tert-OH is 1. The van der Waals surface area contributed by atoms with Crippen molar-refractivity contribution < 1.29 is 19.1 Å². The molecule has 1 unspecified atom stereocenters. The third-order valence-corrected chi connectivity index (χ3v) is 7.40. The van der Waals surface area contributed by atoms with E-state index in [0.29, 0.717) is 30.2 Å². The third kappa shape index (κ3) is 5.83. The monoisotopic (exact) mass is 522 g/mol. The van der Waals surface area contributed by atoms with Crippen molar-refractivity contribution in [2.75, 3.05) is 51.8 Å². The van der Waals surface area contributed by atoms with Gasteiger partial charge in [-0.05, 0) is 52.8 Å². The standard InChI is InChI=1S/C28H38N6O4/c1-17-26(25-18(2)33-38-19(25)3)31-28(20-6-5-7-24(12-20)37-16-23(35)13-29-4)32-27(17)30-21-8-10-34(11-9-21)22-14-36-15-22/h5-7,12,21-23,29,35H,8-11,13-16H2,1-4H3,(H,30,31,32). The molecule has 3 N–H and O–H groups in total. The van der Waals surface area contributed by atoms with E-state index >= 15 is 0 Å². The molecule has 1 atom stereocenters. The Hall–Kier alpha value is -3.05. The molecule has 2 fully saturated rings. The van der Waals surface area contributed by atoms with Crippen LogP contribution in [0.4, 0.5) is 5.82 Å². The number of aliphatic hydroxyl groups is 1. The molecule has 0 spiro atoms. The number of likely N-dealkylation sites (tertiary alicyclic amines) is 1. The minimum atomic E-state index is -0.593. The van der Waals surface area contributed by atoms with Gasteiger partial charge in [-0.1, -0.05) is 17.3 Å². The Bertz CT molecular complexity index is 1220. The maximum atomic E-state index is 10.0. The average molecular weight is 523 g/mol. The minimum Gasteiger partial charge on any atom is -0.491 e. The molecule has 10 heteroatoms. The lowest BCUT2D eigenvalue weighted by Crippen LogP contribution is -2.53. The van der Waals surface area contributed by atoms with Crippen LogP contribution in [0.25, 0.3) is 22.6 Å². The molecular formula is C28H38N6O4. The molecule has 0 bridgehead atoms. The largest absolute Gasteiger partial charge is 0.491 e. The first-order valence-electron chi connectivity index (χ1n) is 13.4. The number of rotatable bonds is 10. The van der Waals surface area contributed by atoms with Crippen molar-refractivity contribution in [2.24, 2.45) is 0 Å². The van der Waals surface area contributed by atoms with Crippen molar-refractivity contribution in [3.63, 3.8) is 0 Å². The number of ether oxygens (including phenoxy) is 2. The van der Waals surface area contributed by atoms with Crippen LogP contribution in [-0.2, 0) is 4.74 Å². The molecule has 0 saturated carbocycles. The van der Waals surface area contributed by atoms with Gasteiger partial charge in [0.1, 0.15) is 30.0 Å². The second kappa shape index (κ2) is 11.8. The predicted molar refractivity (Wildman–Crippen MR) is 145 cm³/mol. The molecule has 4 heterocycles. The number of aryl methyl sites for hydroxylation is 2. The number of benzene rings is 1. The number of nitrogens with one attached hydrogen (secondary N) is 2. The Morgan fingerprint density at radius 2 is 1.95 bits per heavy atom. The van der Waals surface area contributed by atoms with Crippen LogP contribution < -0.4 is 15.4 Å². The highest BCUT2D eigenvalue weighted by Gasteiger charge is 2.30. The normalized spacial score (nSPS) is 17.8. The van der Waals surface area contributed by atoms with Gasteiger partial charge in [-0.15, -0.1) is 0 Å². The van der Waals surface area contributed by atoms with Crippen LogP contribution in [0.5, 0.6) is 5.75 Å². The van der Waals surface area contributed by atoms with Crippen LogP contribution in [0, 0.1) is 20.8 Å². The second-order valence-electron chi connectivity index (χ2n) is 10.3. The molecule has 2 saturated heterocycles. The fourth-order valence-electron chi connectivity index (χ4n) is 5.10. The SMILES string of the molecule is CNCC(O)COc1cccc(-c2nc(NC3CCN(C4COC4)CC3)c(C)c(-c3c(C)noc3C)n2)c1. The summed E-state index contributed by atoms with van der Waals surface area (Å²) >= 11 is 0. The molecule has 2 aliphatic heterocycles. The summed E-state index contributed by atoms with van der Waals surface area (Å²) in [6.07, 6.45) is 1.51. The highest BCUT2D eigenvalue weighted by molar-refractivity contribution is 5.74. The quantitative estimate of drug-likeness (QED) is 0.367. The van der Waals surface area contributed by atoms with E-state index < -0.39 is 6.10 Å². The molecule has 38 heavy (non-hydrogen) atoms. The van der Waals surface area contributed by atoms with Gasteiger partial charge in [-0.25, -0.2) is 9.97 Å². The molecule has 0 aliphatic carbocycles. The van der Waals surface area contributed by atoms with Crippen molar-refractivity contribution >= 4 is 5.82 Å². The highest BCUT2D eigenvalue weighted by Crippen LogP contribution is 2.34. The lowest BCUT2D eigenvalue weighted by atomic mass is 10.0. The van der Waals surface area contributed by atoms with Crippen LogP contribution in [0.15, 0.2) is 28.8 Å². The molecule has 3 aromatic rings. The van der Waals surface area contributed by atoms with Gasteiger partial charge in [0.25, 0.3) is 0 Å². The molecule has 2 aliphatic rings. The topological polar surface area (TPSA) is 118 Å². The zero-order valence-corrected chi connectivity index (χ0v) is 22.7. The molecule has 10 nitrogen and oxygen atoms in total. The summed E-state index contributed by atoms with van der Waals surface area (Å²) in [5, 5.41) is 20.9. The van der Waals surface area contributed by atoms with E-state index in [2.05, 4.69) is 27.6 Å². The summed E-state index contributed by atoms with van der Waals surface area (Å²) in [5.41, 5.74) is 4.32. The first kappa shape index (κ1) is 26.6. The Labute approximate surface area is 223 Å². The molecule has 5 rings (SSSR count).